The molecule has 0 unspecified atom stereocenters. The van der Waals surface area contributed by atoms with Crippen molar-refractivity contribution in [3.63, 3.8) is 0 Å². The predicted octanol–water partition coefficient (Wildman–Crippen LogP) is 7.45. The smallest absolute Gasteiger partial charge is 0.257 e. The Morgan fingerprint density at radius 2 is 1.32 bits per heavy atom. The number of carbonyl (C=O) groups is 2. The molecule has 0 aliphatic rings. The standard InChI is InChI=1S/C32H22ClN5O2/c33-27-16-15-24(35-31(39)23-13-11-21(12-14-23)20-7-3-1-4-8-20)17-26(27)32(40)36-25-18-28-30(34-19-25)38-29(37-28)22-9-5-2-6-10-22/h1-19H,(H,35,39)(H,36,40)(H,34,37,38). The lowest BCUT2D eigenvalue weighted by atomic mass is 10.0. The van der Waals surface area contributed by atoms with E-state index in [-0.39, 0.29) is 16.5 Å². The maximum absolute atomic E-state index is 13.1. The molecule has 8 heteroatoms. The number of hydrogen-bond acceptors (Lipinski definition) is 4. The quantitative estimate of drug-likeness (QED) is 0.203. The number of anilines is 2. The summed E-state index contributed by atoms with van der Waals surface area (Å²) < 4.78 is 0. The predicted molar refractivity (Wildman–Crippen MR) is 159 cm³/mol. The first-order chi connectivity index (χ1) is 19.5. The second-order valence-electron chi connectivity index (χ2n) is 9.09. The van der Waals surface area contributed by atoms with Gasteiger partial charge in [-0.3, -0.25) is 9.59 Å². The highest BCUT2D eigenvalue weighted by Gasteiger charge is 2.15. The van der Waals surface area contributed by atoms with Gasteiger partial charge in [-0.2, -0.15) is 0 Å². The summed E-state index contributed by atoms with van der Waals surface area (Å²) in [6.07, 6.45) is 1.55. The summed E-state index contributed by atoms with van der Waals surface area (Å²) in [7, 11) is 0. The molecule has 0 fully saturated rings. The number of rotatable bonds is 6. The molecule has 0 radical (unpaired) electrons. The molecule has 4 aromatic carbocycles. The van der Waals surface area contributed by atoms with Crippen molar-refractivity contribution in [2.24, 2.45) is 0 Å². The minimum absolute atomic E-state index is 0.214. The number of benzene rings is 4. The van der Waals surface area contributed by atoms with Crippen LogP contribution in [-0.2, 0) is 0 Å². The van der Waals surface area contributed by atoms with E-state index in [0.717, 1.165) is 16.7 Å². The molecule has 6 aromatic rings. The van der Waals surface area contributed by atoms with Gasteiger partial charge in [-0.1, -0.05) is 84.4 Å². The fourth-order valence-corrected chi connectivity index (χ4v) is 4.52. The van der Waals surface area contributed by atoms with Crippen LogP contribution in [0.2, 0.25) is 5.02 Å². The minimum atomic E-state index is -0.437. The van der Waals surface area contributed by atoms with Gasteiger partial charge in [-0.15, -0.1) is 0 Å². The highest BCUT2D eigenvalue weighted by atomic mass is 35.5. The van der Waals surface area contributed by atoms with Gasteiger partial charge < -0.3 is 15.6 Å². The molecule has 2 heterocycles. The molecular weight excluding hydrogens is 522 g/mol. The molecule has 0 aliphatic heterocycles. The largest absolute Gasteiger partial charge is 0.323 e. The van der Waals surface area contributed by atoms with E-state index in [1.807, 2.05) is 72.8 Å². The second kappa shape index (κ2) is 10.8. The van der Waals surface area contributed by atoms with E-state index >= 15 is 0 Å². The van der Waals surface area contributed by atoms with Crippen molar-refractivity contribution in [3.05, 3.63) is 132 Å². The van der Waals surface area contributed by atoms with Crippen molar-refractivity contribution >= 4 is 46.0 Å². The molecule has 0 bridgehead atoms. The number of halogens is 1. The summed E-state index contributed by atoms with van der Waals surface area (Å²) in [5, 5.41) is 5.92. The molecule has 0 atom stereocenters. The molecule has 2 amide bonds. The summed E-state index contributed by atoms with van der Waals surface area (Å²) in [5.41, 5.74) is 5.86. The molecule has 0 spiro atoms. The zero-order valence-corrected chi connectivity index (χ0v) is 21.8. The maximum atomic E-state index is 13.1. The SMILES string of the molecule is O=C(Nc1ccc(Cl)c(C(=O)Nc2cnc3[nH]c(-c4ccccc4)nc3c2)c1)c1ccc(-c2ccccc2)cc1. The molecule has 40 heavy (non-hydrogen) atoms. The van der Waals surface area contributed by atoms with E-state index in [4.69, 9.17) is 11.6 Å². The zero-order valence-electron chi connectivity index (χ0n) is 21.1. The maximum Gasteiger partial charge on any atom is 0.257 e. The lowest BCUT2D eigenvalue weighted by Gasteiger charge is -2.10. The normalized spacial score (nSPS) is 10.8. The van der Waals surface area contributed by atoms with Gasteiger partial charge in [-0.25, -0.2) is 9.97 Å². The van der Waals surface area contributed by atoms with Crippen LogP contribution in [0.5, 0.6) is 0 Å². The highest BCUT2D eigenvalue weighted by molar-refractivity contribution is 6.34. The Morgan fingerprint density at radius 3 is 2.05 bits per heavy atom. The van der Waals surface area contributed by atoms with Gasteiger partial charge in [0.15, 0.2) is 5.65 Å². The molecule has 0 aliphatic carbocycles. The molecule has 194 valence electrons. The number of amides is 2. The van der Waals surface area contributed by atoms with Gasteiger partial charge >= 0.3 is 0 Å². The molecule has 6 rings (SSSR count). The van der Waals surface area contributed by atoms with Crippen LogP contribution in [-0.4, -0.2) is 26.8 Å². The van der Waals surface area contributed by atoms with Gasteiger partial charge in [0.05, 0.1) is 22.5 Å². The van der Waals surface area contributed by atoms with Crippen LogP contribution in [0.4, 0.5) is 11.4 Å². The third kappa shape index (κ3) is 5.32. The van der Waals surface area contributed by atoms with Gasteiger partial charge in [-0.05, 0) is 47.5 Å². The van der Waals surface area contributed by atoms with Gasteiger partial charge in [0, 0.05) is 16.8 Å². The second-order valence-corrected chi connectivity index (χ2v) is 9.50. The average molecular weight is 544 g/mol. The molecule has 0 saturated carbocycles. The van der Waals surface area contributed by atoms with Crippen molar-refractivity contribution in [1.29, 1.82) is 0 Å². The van der Waals surface area contributed by atoms with Gasteiger partial charge in [0.1, 0.15) is 11.3 Å². The van der Waals surface area contributed by atoms with Gasteiger partial charge in [0.25, 0.3) is 11.8 Å². The van der Waals surface area contributed by atoms with E-state index in [2.05, 4.69) is 25.6 Å². The Kier molecular flexibility index (Phi) is 6.78. The number of fused-ring (bicyclic) bond motifs is 1. The Balaban J connectivity index is 1.16. The van der Waals surface area contributed by atoms with E-state index in [1.54, 1.807) is 42.6 Å². The fraction of sp³-hybridized carbons (Fsp3) is 0. The van der Waals surface area contributed by atoms with E-state index < -0.39 is 5.91 Å². The number of aromatic nitrogens is 3. The lowest BCUT2D eigenvalue weighted by Crippen LogP contribution is -2.15. The number of H-pyrrole nitrogens is 1. The van der Waals surface area contributed by atoms with Crippen molar-refractivity contribution in [2.45, 2.75) is 0 Å². The summed E-state index contributed by atoms with van der Waals surface area (Å²) in [6.45, 7) is 0. The van der Waals surface area contributed by atoms with E-state index in [0.29, 0.717) is 33.9 Å². The summed E-state index contributed by atoms with van der Waals surface area (Å²) in [4.78, 5) is 38.2. The Bertz CT molecular complexity index is 1840. The minimum Gasteiger partial charge on any atom is -0.323 e. The lowest BCUT2D eigenvalue weighted by molar-refractivity contribution is 0.101. The highest BCUT2D eigenvalue weighted by Crippen LogP contribution is 2.25. The first kappa shape index (κ1) is 25.0. The first-order valence-electron chi connectivity index (χ1n) is 12.5. The summed E-state index contributed by atoms with van der Waals surface area (Å²) >= 11 is 6.35. The van der Waals surface area contributed by atoms with Crippen LogP contribution >= 0.6 is 11.6 Å². The number of pyridine rings is 1. The van der Waals surface area contributed by atoms with E-state index in [1.165, 1.54) is 0 Å². The van der Waals surface area contributed by atoms with Crippen molar-refractivity contribution in [2.75, 3.05) is 10.6 Å². The van der Waals surface area contributed by atoms with Crippen molar-refractivity contribution in [1.82, 2.24) is 15.0 Å². The summed E-state index contributed by atoms with van der Waals surface area (Å²) in [6, 6.07) is 33.5. The molecule has 0 saturated heterocycles. The monoisotopic (exact) mass is 543 g/mol. The van der Waals surface area contributed by atoms with Crippen molar-refractivity contribution < 1.29 is 9.59 Å². The third-order valence-corrected chi connectivity index (χ3v) is 6.69. The first-order valence-corrected chi connectivity index (χ1v) is 12.9. The molecule has 3 N–H and O–H groups in total. The van der Waals surface area contributed by atoms with Crippen LogP contribution in [0.3, 0.4) is 0 Å². The van der Waals surface area contributed by atoms with Crippen LogP contribution in [0.1, 0.15) is 20.7 Å². The molecule has 7 nitrogen and oxygen atoms in total. The summed E-state index contributed by atoms with van der Waals surface area (Å²) in [5.74, 6) is -0.0447. The van der Waals surface area contributed by atoms with Crippen LogP contribution in [0.25, 0.3) is 33.7 Å². The molecule has 2 aromatic heterocycles. The number of nitrogens with one attached hydrogen (secondary N) is 3. The van der Waals surface area contributed by atoms with Gasteiger partial charge in [0.2, 0.25) is 0 Å². The van der Waals surface area contributed by atoms with Crippen LogP contribution in [0.15, 0.2) is 115 Å². The fourth-order valence-electron chi connectivity index (χ4n) is 4.32. The van der Waals surface area contributed by atoms with Crippen LogP contribution < -0.4 is 10.6 Å². The number of imidazole rings is 1. The molecular formula is C32H22ClN5O2. The number of nitrogens with zero attached hydrogens (tertiary/aromatic N) is 2. The number of aromatic amines is 1. The Morgan fingerprint density at radius 1 is 0.675 bits per heavy atom. The number of carbonyl (C=O) groups excluding carboxylic acids is 2. The number of hydrogen-bond donors (Lipinski definition) is 3. The third-order valence-electron chi connectivity index (χ3n) is 6.36. The zero-order chi connectivity index (χ0) is 27.5. The average Bonchev–Trinajstić information content (AvgIpc) is 3.43. The Hall–Kier alpha value is -5.27. The van der Waals surface area contributed by atoms with Crippen LogP contribution in [0, 0.1) is 0 Å². The van der Waals surface area contributed by atoms with Crippen molar-refractivity contribution in [3.8, 4) is 22.5 Å². The van der Waals surface area contributed by atoms with E-state index in [9.17, 15) is 9.59 Å². The Labute approximate surface area is 234 Å². The topological polar surface area (TPSA) is 99.8 Å².